The van der Waals surface area contributed by atoms with Gasteiger partial charge in [0, 0.05) is 24.9 Å². The molecule has 2 aliphatic rings. The minimum absolute atomic E-state index is 0.00529. The lowest BCUT2D eigenvalue weighted by molar-refractivity contribution is -0.219. The molecule has 4 rings (SSSR count). The van der Waals surface area contributed by atoms with Crippen LogP contribution in [-0.2, 0) is 27.1 Å². The number of hydrogen-bond donors (Lipinski definition) is 6. The van der Waals surface area contributed by atoms with Crippen molar-refractivity contribution in [2.75, 3.05) is 27.4 Å². The summed E-state index contributed by atoms with van der Waals surface area (Å²) in [5.74, 6) is -1.70. The second-order valence-electron chi connectivity index (χ2n) is 9.88. The third kappa shape index (κ3) is 5.25. The number of rotatable bonds is 9. The van der Waals surface area contributed by atoms with Gasteiger partial charge in [-0.05, 0) is 48.2 Å². The highest BCUT2D eigenvalue weighted by atomic mass is 16.6. The van der Waals surface area contributed by atoms with Crippen LogP contribution in [0.3, 0.4) is 0 Å². The minimum Gasteiger partial charge on any atom is -0.504 e. The predicted molar refractivity (Wildman–Crippen MR) is 132 cm³/mol. The Morgan fingerprint density at radius 3 is 2.13 bits per heavy atom. The molecule has 1 aliphatic heterocycles. The molecule has 1 unspecified atom stereocenters. The van der Waals surface area contributed by atoms with E-state index in [2.05, 4.69) is 0 Å². The maximum absolute atomic E-state index is 13.4. The zero-order valence-corrected chi connectivity index (χ0v) is 21.2. The Kier molecular flexibility index (Phi) is 8.34. The number of esters is 1. The zero-order chi connectivity index (χ0) is 27.6. The van der Waals surface area contributed by atoms with Crippen molar-refractivity contribution in [1.29, 1.82) is 0 Å². The average Bonchev–Trinajstić information content (AvgIpc) is 3.20. The summed E-state index contributed by atoms with van der Waals surface area (Å²) in [6.45, 7) is -0.456. The fraction of sp³-hybridized carbons (Fsp3) is 0.519. The Bertz CT molecular complexity index is 1140. The van der Waals surface area contributed by atoms with Crippen LogP contribution >= 0.6 is 0 Å². The molecule has 0 amide bonds. The predicted octanol–water partition coefficient (Wildman–Crippen LogP) is 0.292. The lowest BCUT2D eigenvalue weighted by Gasteiger charge is -2.43. The van der Waals surface area contributed by atoms with E-state index in [-0.39, 0.29) is 48.9 Å². The molecule has 11 nitrogen and oxygen atoms in total. The highest BCUT2D eigenvalue weighted by Crippen LogP contribution is 2.42. The lowest BCUT2D eigenvalue weighted by atomic mass is 9.78. The van der Waals surface area contributed by atoms with Crippen LogP contribution in [0, 0.1) is 11.8 Å². The van der Waals surface area contributed by atoms with Gasteiger partial charge in [-0.15, -0.1) is 0 Å². The molecule has 0 spiro atoms. The van der Waals surface area contributed by atoms with Crippen molar-refractivity contribution < 1.29 is 54.4 Å². The van der Waals surface area contributed by atoms with Crippen LogP contribution in [0.2, 0.25) is 0 Å². The molecule has 0 bridgehead atoms. The number of benzene rings is 2. The molecule has 1 saturated carbocycles. The summed E-state index contributed by atoms with van der Waals surface area (Å²) in [6.07, 6.45) is -5.34. The van der Waals surface area contributed by atoms with Gasteiger partial charge in [-0.3, -0.25) is 0 Å². The van der Waals surface area contributed by atoms with E-state index in [0.29, 0.717) is 5.56 Å². The van der Waals surface area contributed by atoms with Gasteiger partial charge in [0.25, 0.3) is 0 Å². The van der Waals surface area contributed by atoms with Gasteiger partial charge in [-0.1, -0.05) is 12.1 Å². The molecule has 0 aromatic heterocycles. The molecule has 1 aliphatic carbocycles. The van der Waals surface area contributed by atoms with E-state index in [9.17, 15) is 35.4 Å². The van der Waals surface area contributed by atoms with E-state index >= 15 is 0 Å². The molecule has 11 heteroatoms. The lowest BCUT2D eigenvalue weighted by Crippen LogP contribution is -2.59. The van der Waals surface area contributed by atoms with E-state index in [1.165, 1.54) is 26.4 Å². The summed E-state index contributed by atoms with van der Waals surface area (Å²) in [5.41, 5.74) is -0.329. The Labute approximate surface area is 219 Å². The van der Waals surface area contributed by atoms with Crippen molar-refractivity contribution in [3.05, 3.63) is 47.5 Å². The summed E-state index contributed by atoms with van der Waals surface area (Å²) in [7, 11) is 2.82. The number of carbonyl (C=O) groups excluding carboxylic acids is 1. The minimum atomic E-state index is -1.64. The van der Waals surface area contributed by atoms with Crippen LogP contribution in [0.1, 0.15) is 17.5 Å². The monoisotopic (exact) mass is 534 g/mol. The topological polar surface area (TPSA) is 175 Å². The number of phenolic OH excluding ortho intramolecular Hbond substituents is 2. The van der Waals surface area contributed by atoms with Crippen LogP contribution in [-0.4, -0.2) is 94.1 Å². The average molecular weight is 535 g/mol. The summed E-state index contributed by atoms with van der Waals surface area (Å²) >= 11 is 0. The third-order valence-corrected chi connectivity index (χ3v) is 7.55. The highest BCUT2D eigenvalue weighted by molar-refractivity contribution is 5.83. The Balaban J connectivity index is 1.73. The molecule has 2 fully saturated rings. The number of aliphatic hydroxyl groups excluding tert-OH is 4. The second-order valence-corrected chi connectivity index (χ2v) is 9.88. The molecule has 7 atom stereocenters. The number of aliphatic hydroxyl groups is 4. The van der Waals surface area contributed by atoms with E-state index in [1.807, 2.05) is 0 Å². The fourth-order valence-corrected chi connectivity index (χ4v) is 5.34. The van der Waals surface area contributed by atoms with Gasteiger partial charge >= 0.3 is 5.97 Å². The standard InChI is InChI=1S/C27H34O11/c1-35-20-8-14(3-5-18(20)29)7-17-13-37-26(34)27(17,11-15-4-6-19(30)21(9-15)36-2)38-22-10-16(12-28)23(31)25(33)24(22)32/h3-6,8-9,16-17,22-25,28-33H,7,10-13H2,1-2H3/t16-,17+,22?,23-,24+,25+,27+/m1/s1. The Hall–Kier alpha value is -3.09. The van der Waals surface area contributed by atoms with Crippen molar-refractivity contribution in [3.8, 4) is 23.0 Å². The summed E-state index contributed by atoms with van der Waals surface area (Å²) < 4.78 is 22.3. The SMILES string of the molecule is COc1cc(C[C@H]2COC(=O)[C@@]2(Cc2ccc(O)c(OC)c2)OC2C[C@H](CO)[C@@H](O)[C@H](O)[C@H]2O)ccc1O. The Morgan fingerprint density at radius 2 is 1.53 bits per heavy atom. The van der Waals surface area contributed by atoms with E-state index in [4.69, 9.17) is 18.9 Å². The van der Waals surface area contributed by atoms with Gasteiger partial charge in [0.15, 0.2) is 28.6 Å². The van der Waals surface area contributed by atoms with Gasteiger partial charge in [0.2, 0.25) is 0 Å². The largest absolute Gasteiger partial charge is 0.504 e. The van der Waals surface area contributed by atoms with E-state index in [1.54, 1.807) is 24.3 Å². The van der Waals surface area contributed by atoms with Gasteiger partial charge in [0.1, 0.15) is 12.2 Å². The molecular weight excluding hydrogens is 500 g/mol. The fourth-order valence-electron chi connectivity index (χ4n) is 5.34. The first-order valence-corrected chi connectivity index (χ1v) is 12.3. The second kappa shape index (κ2) is 11.3. The van der Waals surface area contributed by atoms with Crippen molar-refractivity contribution in [1.82, 2.24) is 0 Å². The smallest absolute Gasteiger partial charge is 0.339 e. The van der Waals surface area contributed by atoms with E-state index < -0.39 is 54.4 Å². The molecular formula is C27H34O11. The van der Waals surface area contributed by atoms with Crippen LogP contribution in [0.4, 0.5) is 0 Å². The third-order valence-electron chi connectivity index (χ3n) is 7.55. The first kappa shape index (κ1) is 27.9. The van der Waals surface area contributed by atoms with Crippen molar-refractivity contribution >= 4 is 5.97 Å². The molecule has 2 aromatic carbocycles. The summed E-state index contributed by atoms with van der Waals surface area (Å²) in [6, 6.07) is 9.42. The summed E-state index contributed by atoms with van der Waals surface area (Å²) in [5, 5.41) is 61.2. The van der Waals surface area contributed by atoms with Gasteiger partial charge < -0.3 is 49.6 Å². The van der Waals surface area contributed by atoms with Crippen molar-refractivity contribution in [2.45, 2.75) is 49.3 Å². The van der Waals surface area contributed by atoms with Crippen LogP contribution in [0.15, 0.2) is 36.4 Å². The molecule has 38 heavy (non-hydrogen) atoms. The number of ether oxygens (including phenoxy) is 4. The van der Waals surface area contributed by atoms with Crippen LogP contribution in [0.25, 0.3) is 0 Å². The molecule has 6 N–H and O–H groups in total. The number of cyclic esters (lactones) is 1. The van der Waals surface area contributed by atoms with Crippen LogP contribution < -0.4 is 9.47 Å². The van der Waals surface area contributed by atoms with E-state index in [0.717, 1.165) is 5.56 Å². The number of phenols is 2. The maximum atomic E-state index is 13.4. The van der Waals surface area contributed by atoms with Gasteiger partial charge in [-0.2, -0.15) is 0 Å². The first-order valence-electron chi connectivity index (χ1n) is 12.3. The number of carbonyl (C=O) groups is 1. The first-order chi connectivity index (χ1) is 18.1. The number of hydrogen-bond acceptors (Lipinski definition) is 11. The molecule has 1 saturated heterocycles. The summed E-state index contributed by atoms with van der Waals surface area (Å²) in [4.78, 5) is 13.4. The normalized spacial score (nSPS) is 31.2. The Morgan fingerprint density at radius 1 is 0.921 bits per heavy atom. The van der Waals surface area contributed by atoms with Gasteiger partial charge in [0.05, 0.1) is 33.0 Å². The quantitative estimate of drug-likeness (QED) is 0.244. The molecule has 1 heterocycles. The maximum Gasteiger partial charge on any atom is 0.339 e. The number of methoxy groups -OCH3 is 2. The molecule has 208 valence electrons. The molecule has 2 aromatic rings. The highest BCUT2D eigenvalue weighted by Gasteiger charge is 2.57. The number of aromatic hydroxyl groups is 2. The zero-order valence-electron chi connectivity index (χ0n) is 21.2. The van der Waals surface area contributed by atoms with Crippen molar-refractivity contribution in [2.24, 2.45) is 11.8 Å². The van der Waals surface area contributed by atoms with Crippen LogP contribution in [0.5, 0.6) is 23.0 Å². The van der Waals surface area contributed by atoms with Gasteiger partial charge in [-0.25, -0.2) is 4.79 Å². The molecule has 0 radical (unpaired) electrons. The van der Waals surface area contributed by atoms with Crippen molar-refractivity contribution in [3.63, 3.8) is 0 Å².